The average Bonchev–Trinajstić information content (AvgIpc) is 3.01. The molecule has 0 aliphatic carbocycles. The number of furan rings is 1. The van der Waals surface area contributed by atoms with Crippen molar-refractivity contribution >= 4 is 35.2 Å². The summed E-state index contributed by atoms with van der Waals surface area (Å²) in [6.07, 6.45) is -3.81. The number of benzene rings is 1. The van der Waals surface area contributed by atoms with Crippen LogP contribution in [0.5, 0.6) is 0 Å². The Labute approximate surface area is 151 Å². The molecule has 0 saturated carbocycles. The van der Waals surface area contributed by atoms with Gasteiger partial charge in [-0.1, -0.05) is 11.6 Å². The fourth-order valence-electron chi connectivity index (χ4n) is 1.90. The number of rotatable bonds is 6. The van der Waals surface area contributed by atoms with Gasteiger partial charge in [0.05, 0.1) is 23.7 Å². The van der Waals surface area contributed by atoms with Gasteiger partial charge >= 0.3 is 6.18 Å². The molecule has 134 valence electrons. The van der Waals surface area contributed by atoms with Gasteiger partial charge in [-0.3, -0.25) is 5.43 Å². The van der Waals surface area contributed by atoms with Crippen molar-refractivity contribution in [2.45, 2.75) is 12.7 Å². The zero-order valence-electron chi connectivity index (χ0n) is 12.6. The van der Waals surface area contributed by atoms with Crippen molar-refractivity contribution in [3.8, 4) is 11.3 Å². The highest BCUT2D eigenvalue weighted by Gasteiger charge is 2.31. The van der Waals surface area contributed by atoms with Crippen molar-refractivity contribution in [3.63, 3.8) is 0 Å². The summed E-state index contributed by atoms with van der Waals surface area (Å²) in [5, 5.41) is 2.99. The zero-order valence-corrected chi connectivity index (χ0v) is 14.2. The third-order valence-corrected chi connectivity index (χ3v) is 3.61. The first-order valence-corrected chi connectivity index (χ1v) is 7.76. The van der Waals surface area contributed by atoms with Crippen molar-refractivity contribution in [1.82, 2.24) is 16.2 Å². The molecular formula is C15H13ClF3N3O2S. The smallest absolute Gasteiger partial charge is 0.416 e. The third kappa shape index (κ3) is 5.45. The quantitative estimate of drug-likeness (QED) is 0.399. The maximum absolute atomic E-state index is 12.8. The Morgan fingerprint density at radius 1 is 1.28 bits per heavy atom. The van der Waals surface area contributed by atoms with Crippen LogP contribution in [0.15, 0.2) is 34.7 Å². The van der Waals surface area contributed by atoms with Gasteiger partial charge in [0.1, 0.15) is 17.8 Å². The summed E-state index contributed by atoms with van der Waals surface area (Å²) in [7, 11) is 0. The predicted octanol–water partition coefficient (Wildman–Crippen LogP) is 3.29. The van der Waals surface area contributed by atoms with Crippen molar-refractivity contribution in [2.75, 3.05) is 6.54 Å². The Balaban J connectivity index is 2.04. The van der Waals surface area contributed by atoms with Gasteiger partial charge < -0.3 is 14.5 Å². The summed E-state index contributed by atoms with van der Waals surface area (Å²) in [5.41, 5.74) is 4.72. The van der Waals surface area contributed by atoms with E-state index < -0.39 is 11.7 Å². The van der Waals surface area contributed by atoms with Crippen LogP contribution in [0.2, 0.25) is 5.02 Å². The van der Waals surface area contributed by atoms with Crippen LogP contribution >= 0.6 is 23.8 Å². The second-order valence-corrected chi connectivity index (χ2v) is 5.63. The molecule has 0 radical (unpaired) electrons. The van der Waals surface area contributed by atoms with E-state index in [-0.39, 0.29) is 34.5 Å². The van der Waals surface area contributed by atoms with E-state index in [4.69, 9.17) is 28.2 Å². The molecule has 3 N–H and O–H groups in total. The summed E-state index contributed by atoms with van der Waals surface area (Å²) in [4.78, 5) is 10.2. The lowest BCUT2D eigenvalue weighted by molar-refractivity contribution is -0.137. The van der Waals surface area contributed by atoms with Gasteiger partial charge in [-0.2, -0.15) is 13.2 Å². The van der Waals surface area contributed by atoms with E-state index in [9.17, 15) is 18.0 Å². The number of halogens is 4. The molecule has 5 nitrogen and oxygen atoms in total. The highest BCUT2D eigenvalue weighted by Crippen LogP contribution is 2.36. The van der Waals surface area contributed by atoms with Crippen LogP contribution in [-0.4, -0.2) is 17.9 Å². The summed E-state index contributed by atoms with van der Waals surface area (Å²) >= 11 is 10.9. The largest absolute Gasteiger partial charge is 0.460 e. The minimum Gasteiger partial charge on any atom is -0.460 e. The molecule has 2 rings (SSSR count). The van der Waals surface area contributed by atoms with E-state index in [1.807, 2.05) is 0 Å². The molecule has 0 bridgehead atoms. The number of alkyl halides is 3. The molecule has 25 heavy (non-hydrogen) atoms. The maximum atomic E-state index is 12.8. The number of carbonyl (C=O) groups excluding carboxylic acids is 1. The zero-order chi connectivity index (χ0) is 18.4. The van der Waals surface area contributed by atoms with Gasteiger partial charge in [0.25, 0.3) is 0 Å². The lowest BCUT2D eigenvalue weighted by atomic mass is 10.1. The maximum Gasteiger partial charge on any atom is 0.416 e. The van der Waals surface area contributed by atoms with Gasteiger partial charge in [0.2, 0.25) is 0 Å². The van der Waals surface area contributed by atoms with Crippen LogP contribution in [0.4, 0.5) is 13.2 Å². The minimum absolute atomic E-state index is 0.0759. The second-order valence-electron chi connectivity index (χ2n) is 4.81. The van der Waals surface area contributed by atoms with Crippen molar-refractivity contribution in [1.29, 1.82) is 0 Å². The standard InChI is InChI=1S/C15H13ClF3N3O2S/c16-12-3-1-9(15(17,18)19)7-11(12)13-4-2-10(24-13)8-21-22-14(25)20-5-6-23/h1-4,6-7,21H,5,8H2,(H2,20,22,25). The molecule has 0 unspecified atom stereocenters. The highest BCUT2D eigenvalue weighted by molar-refractivity contribution is 7.80. The molecule has 0 fully saturated rings. The average molecular weight is 392 g/mol. The Hall–Kier alpha value is -2.10. The van der Waals surface area contributed by atoms with Gasteiger partial charge in [0, 0.05) is 5.56 Å². The number of carbonyl (C=O) groups is 1. The normalized spacial score (nSPS) is 11.2. The van der Waals surface area contributed by atoms with E-state index in [1.54, 1.807) is 6.07 Å². The molecule has 0 spiro atoms. The van der Waals surface area contributed by atoms with Crippen LogP contribution in [0.3, 0.4) is 0 Å². The van der Waals surface area contributed by atoms with Crippen molar-refractivity contribution < 1.29 is 22.4 Å². The summed E-state index contributed by atoms with van der Waals surface area (Å²) in [6, 6.07) is 6.16. The van der Waals surface area contributed by atoms with E-state index >= 15 is 0 Å². The molecule has 1 aromatic heterocycles. The number of aldehydes is 1. The van der Waals surface area contributed by atoms with Gasteiger partial charge in [-0.05, 0) is 42.5 Å². The predicted molar refractivity (Wildman–Crippen MR) is 90.8 cm³/mol. The van der Waals surface area contributed by atoms with Crippen LogP contribution in [0.1, 0.15) is 11.3 Å². The van der Waals surface area contributed by atoms with E-state index in [0.29, 0.717) is 12.0 Å². The van der Waals surface area contributed by atoms with E-state index in [2.05, 4.69) is 16.2 Å². The van der Waals surface area contributed by atoms with Gasteiger partial charge in [-0.25, -0.2) is 5.43 Å². The Morgan fingerprint density at radius 3 is 2.72 bits per heavy atom. The molecule has 1 aromatic carbocycles. The molecule has 2 aromatic rings. The molecule has 0 saturated heterocycles. The fourth-order valence-corrected chi connectivity index (χ4v) is 2.26. The number of hydrogen-bond donors (Lipinski definition) is 3. The molecule has 0 aliphatic rings. The summed E-state index contributed by atoms with van der Waals surface area (Å²) in [6.45, 7) is 0.284. The molecule has 0 atom stereocenters. The minimum atomic E-state index is -4.47. The number of thiocarbonyl (C=S) groups is 1. The Bertz CT molecular complexity index is 765. The Morgan fingerprint density at radius 2 is 2.04 bits per heavy atom. The molecule has 0 aliphatic heterocycles. The van der Waals surface area contributed by atoms with Crippen molar-refractivity contribution in [2.24, 2.45) is 0 Å². The molecule has 10 heteroatoms. The monoisotopic (exact) mass is 391 g/mol. The molecule has 1 heterocycles. The second kappa shape index (κ2) is 8.32. The lowest BCUT2D eigenvalue weighted by Crippen LogP contribution is -2.44. The summed E-state index contributed by atoms with van der Waals surface area (Å²) in [5.74, 6) is 0.670. The first-order chi connectivity index (χ1) is 11.8. The van der Waals surface area contributed by atoms with Crippen molar-refractivity contribution in [3.05, 3.63) is 46.7 Å². The van der Waals surface area contributed by atoms with E-state index in [0.717, 1.165) is 12.1 Å². The molecular weight excluding hydrogens is 379 g/mol. The van der Waals surface area contributed by atoms with Gasteiger partial charge in [-0.15, -0.1) is 0 Å². The topological polar surface area (TPSA) is 66.3 Å². The van der Waals surface area contributed by atoms with Crippen LogP contribution < -0.4 is 16.2 Å². The fraction of sp³-hybridized carbons (Fsp3) is 0.200. The lowest BCUT2D eigenvalue weighted by Gasteiger charge is -2.09. The first kappa shape index (κ1) is 19.2. The van der Waals surface area contributed by atoms with Crippen LogP contribution in [0.25, 0.3) is 11.3 Å². The first-order valence-electron chi connectivity index (χ1n) is 6.97. The third-order valence-electron chi connectivity index (χ3n) is 3.03. The SMILES string of the molecule is O=CCNC(=S)NNCc1ccc(-c2cc(C(F)(F)F)ccc2Cl)o1. The summed E-state index contributed by atoms with van der Waals surface area (Å²) < 4.78 is 44.0. The van der Waals surface area contributed by atoms with Gasteiger partial charge in [0.15, 0.2) is 5.11 Å². The number of nitrogens with one attached hydrogen (secondary N) is 3. The van der Waals surface area contributed by atoms with Crippen LogP contribution in [0, 0.1) is 0 Å². The Kier molecular flexibility index (Phi) is 6.40. The number of hydrazine groups is 1. The highest BCUT2D eigenvalue weighted by atomic mass is 35.5. The number of hydrogen-bond acceptors (Lipinski definition) is 4. The molecule has 0 amide bonds. The van der Waals surface area contributed by atoms with E-state index in [1.165, 1.54) is 12.1 Å². The van der Waals surface area contributed by atoms with Crippen LogP contribution in [-0.2, 0) is 17.5 Å².